The van der Waals surface area contributed by atoms with Gasteiger partial charge in [-0.05, 0) is 41.8 Å². The molecule has 2 aromatic carbocycles. The minimum Gasteiger partial charge on any atom is -0.392 e. The van der Waals surface area contributed by atoms with Crippen molar-refractivity contribution >= 4 is 22.6 Å². The number of hydrogen-bond donors (Lipinski definition) is 1. The van der Waals surface area contributed by atoms with Crippen LogP contribution in [0.3, 0.4) is 0 Å². The Morgan fingerprint density at radius 2 is 1.25 bits per heavy atom. The number of aliphatic hydroxyl groups excluding tert-OH is 1. The minimum absolute atomic E-state index is 0.0686. The lowest BCUT2D eigenvalue weighted by molar-refractivity contribution is 0.186. The van der Waals surface area contributed by atoms with Crippen LogP contribution in [-0.2, 0) is 0 Å². The second kappa shape index (κ2) is 7.13. The summed E-state index contributed by atoms with van der Waals surface area (Å²) in [5.41, 5.74) is 1.84. The first-order chi connectivity index (χ1) is 9.60. The van der Waals surface area contributed by atoms with E-state index in [0.29, 0.717) is 10.8 Å². The van der Waals surface area contributed by atoms with E-state index in [1.54, 1.807) is 24.3 Å². The fourth-order valence-electron chi connectivity index (χ4n) is 2.19. The Morgan fingerprint density at radius 3 is 1.60 bits per heavy atom. The van der Waals surface area contributed by atoms with Crippen molar-refractivity contribution in [2.24, 2.45) is 0 Å². The molecule has 0 heterocycles. The van der Waals surface area contributed by atoms with Crippen molar-refractivity contribution in [2.45, 2.75) is 18.4 Å². The summed E-state index contributed by atoms with van der Waals surface area (Å²) in [7, 11) is 0. The normalized spacial score (nSPS) is 12.7. The topological polar surface area (TPSA) is 20.2 Å². The van der Waals surface area contributed by atoms with Gasteiger partial charge in [0.15, 0.2) is 0 Å². The van der Waals surface area contributed by atoms with E-state index in [-0.39, 0.29) is 17.6 Å². The maximum atomic E-state index is 13.0. The van der Waals surface area contributed by atoms with Crippen LogP contribution in [0.2, 0.25) is 0 Å². The fourth-order valence-corrected chi connectivity index (χ4v) is 2.55. The van der Waals surface area contributed by atoms with Crippen LogP contribution < -0.4 is 0 Å². The van der Waals surface area contributed by atoms with Crippen molar-refractivity contribution < 1.29 is 13.9 Å². The summed E-state index contributed by atoms with van der Waals surface area (Å²) < 4.78 is 26.7. The fraction of sp³-hybridized carbons (Fsp3) is 0.250. The SMILES string of the molecule is OC(CI)CC(c1ccc(F)cc1)c1ccc(F)cc1. The molecule has 4 heteroatoms. The molecule has 0 spiro atoms. The van der Waals surface area contributed by atoms with Crippen molar-refractivity contribution in [1.29, 1.82) is 0 Å². The molecule has 1 atom stereocenters. The number of rotatable bonds is 5. The molecule has 0 saturated carbocycles. The lowest BCUT2D eigenvalue weighted by Crippen LogP contribution is -2.14. The largest absolute Gasteiger partial charge is 0.392 e. The lowest BCUT2D eigenvalue weighted by Gasteiger charge is -2.20. The number of halogens is 3. The van der Waals surface area contributed by atoms with Gasteiger partial charge < -0.3 is 5.11 Å². The van der Waals surface area contributed by atoms with Crippen LogP contribution in [0, 0.1) is 11.6 Å². The minimum atomic E-state index is -0.448. The van der Waals surface area contributed by atoms with Gasteiger partial charge in [-0.3, -0.25) is 0 Å². The zero-order valence-electron chi connectivity index (χ0n) is 10.8. The molecule has 0 aliphatic heterocycles. The molecular formula is C16H15F2IO. The highest BCUT2D eigenvalue weighted by Gasteiger charge is 2.18. The van der Waals surface area contributed by atoms with Crippen LogP contribution in [0.15, 0.2) is 48.5 Å². The summed E-state index contributed by atoms with van der Waals surface area (Å²) in [4.78, 5) is 0. The molecule has 20 heavy (non-hydrogen) atoms. The van der Waals surface area contributed by atoms with Crippen LogP contribution in [0.5, 0.6) is 0 Å². The molecule has 1 unspecified atom stereocenters. The highest BCUT2D eigenvalue weighted by Crippen LogP contribution is 2.30. The molecule has 1 N–H and O–H groups in total. The smallest absolute Gasteiger partial charge is 0.123 e. The Kier molecular flexibility index (Phi) is 5.48. The van der Waals surface area contributed by atoms with Gasteiger partial charge in [0.25, 0.3) is 0 Å². The maximum absolute atomic E-state index is 13.0. The van der Waals surface area contributed by atoms with Gasteiger partial charge in [-0.25, -0.2) is 8.78 Å². The van der Waals surface area contributed by atoms with Gasteiger partial charge in [-0.15, -0.1) is 0 Å². The van der Waals surface area contributed by atoms with E-state index in [2.05, 4.69) is 22.6 Å². The van der Waals surface area contributed by atoms with Crippen LogP contribution in [0.25, 0.3) is 0 Å². The second-order valence-corrected chi connectivity index (χ2v) is 5.58. The Bertz CT molecular complexity index is 494. The van der Waals surface area contributed by atoms with Crippen molar-refractivity contribution in [2.75, 3.05) is 4.43 Å². The van der Waals surface area contributed by atoms with Gasteiger partial charge in [-0.1, -0.05) is 46.9 Å². The third-order valence-electron chi connectivity index (χ3n) is 3.23. The summed E-state index contributed by atoms with van der Waals surface area (Å²) in [5, 5.41) is 9.90. The van der Waals surface area contributed by atoms with Crippen molar-refractivity contribution in [1.82, 2.24) is 0 Å². The first kappa shape index (κ1) is 15.4. The molecule has 1 nitrogen and oxygen atoms in total. The van der Waals surface area contributed by atoms with E-state index in [9.17, 15) is 13.9 Å². The van der Waals surface area contributed by atoms with E-state index in [4.69, 9.17) is 0 Å². The zero-order chi connectivity index (χ0) is 14.5. The van der Waals surface area contributed by atoms with Crippen molar-refractivity contribution in [3.63, 3.8) is 0 Å². The van der Waals surface area contributed by atoms with Crippen LogP contribution in [0.4, 0.5) is 8.78 Å². The van der Waals surface area contributed by atoms with Gasteiger partial charge in [0.2, 0.25) is 0 Å². The molecule has 0 aliphatic carbocycles. The summed E-state index contributed by atoms with van der Waals surface area (Å²) in [5.74, 6) is -0.650. The Labute approximate surface area is 130 Å². The van der Waals surface area contributed by atoms with Crippen LogP contribution in [0.1, 0.15) is 23.5 Å². The van der Waals surface area contributed by atoms with E-state index in [1.165, 1.54) is 24.3 Å². The molecule has 0 radical (unpaired) electrons. The molecule has 2 rings (SSSR count). The quantitative estimate of drug-likeness (QED) is 0.599. The Morgan fingerprint density at radius 1 is 0.850 bits per heavy atom. The molecule has 0 bridgehead atoms. The van der Waals surface area contributed by atoms with Gasteiger partial charge in [0, 0.05) is 10.3 Å². The summed E-state index contributed by atoms with van der Waals surface area (Å²) in [6.45, 7) is 0. The van der Waals surface area contributed by atoms with E-state index < -0.39 is 6.10 Å². The van der Waals surface area contributed by atoms with Crippen LogP contribution in [-0.4, -0.2) is 15.6 Å². The second-order valence-electron chi connectivity index (χ2n) is 4.70. The van der Waals surface area contributed by atoms with E-state index in [0.717, 1.165) is 11.1 Å². The number of alkyl halides is 1. The van der Waals surface area contributed by atoms with Crippen molar-refractivity contribution in [3.8, 4) is 0 Å². The highest BCUT2D eigenvalue weighted by atomic mass is 127. The van der Waals surface area contributed by atoms with Crippen LogP contribution >= 0.6 is 22.6 Å². The molecule has 0 aliphatic rings. The van der Waals surface area contributed by atoms with Gasteiger partial charge in [0.05, 0.1) is 6.10 Å². The third-order valence-corrected chi connectivity index (χ3v) is 4.25. The summed E-state index contributed by atoms with van der Waals surface area (Å²) in [6, 6.07) is 12.5. The molecule has 0 saturated heterocycles. The number of hydrogen-bond acceptors (Lipinski definition) is 1. The lowest BCUT2D eigenvalue weighted by atomic mass is 9.87. The Hall–Kier alpha value is -1.01. The highest BCUT2D eigenvalue weighted by molar-refractivity contribution is 14.1. The third kappa shape index (κ3) is 3.99. The molecule has 2 aromatic rings. The molecular weight excluding hydrogens is 373 g/mol. The maximum Gasteiger partial charge on any atom is 0.123 e. The predicted molar refractivity (Wildman–Crippen MR) is 84.2 cm³/mol. The summed E-state index contributed by atoms with van der Waals surface area (Å²) in [6.07, 6.45) is 0.0796. The summed E-state index contributed by atoms with van der Waals surface area (Å²) >= 11 is 2.13. The number of aliphatic hydroxyl groups is 1. The van der Waals surface area contributed by atoms with E-state index >= 15 is 0 Å². The van der Waals surface area contributed by atoms with Gasteiger partial charge >= 0.3 is 0 Å². The van der Waals surface area contributed by atoms with Gasteiger partial charge in [-0.2, -0.15) is 0 Å². The standard InChI is InChI=1S/C16H15F2IO/c17-13-5-1-11(2-6-13)16(9-15(20)10-19)12-3-7-14(18)8-4-12/h1-8,15-16,20H,9-10H2. The van der Waals surface area contributed by atoms with E-state index in [1.807, 2.05) is 0 Å². The average Bonchev–Trinajstić information content (AvgIpc) is 2.46. The molecule has 0 fully saturated rings. The molecule has 0 amide bonds. The zero-order valence-corrected chi connectivity index (χ0v) is 12.9. The monoisotopic (exact) mass is 388 g/mol. The first-order valence-electron chi connectivity index (χ1n) is 6.35. The first-order valence-corrected chi connectivity index (χ1v) is 7.87. The average molecular weight is 388 g/mol. The van der Waals surface area contributed by atoms with Crippen molar-refractivity contribution in [3.05, 3.63) is 71.3 Å². The Balaban J connectivity index is 2.33. The van der Waals surface area contributed by atoms with Gasteiger partial charge in [0.1, 0.15) is 11.6 Å². The molecule has 0 aromatic heterocycles. The molecule has 106 valence electrons. The predicted octanol–water partition coefficient (Wildman–Crippen LogP) is 4.28. The number of benzene rings is 2.